The van der Waals surface area contributed by atoms with Gasteiger partial charge in [0.25, 0.3) is 0 Å². The first-order chi connectivity index (χ1) is 12.4. The molecule has 0 radical (unpaired) electrons. The van der Waals surface area contributed by atoms with E-state index < -0.39 is 12.2 Å². The van der Waals surface area contributed by atoms with Crippen molar-refractivity contribution in [3.8, 4) is 11.3 Å². The number of rotatable bonds is 5. The molecular formula is C17H18Cl2N2O5. The van der Waals surface area contributed by atoms with Crippen molar-refractivity contribution in [3.05, 3.63) is 45.1 Å². The van der Waals surface area contributed by atoms with Gasteiger partial charge in [-0.2, -0.15) is 0 Å². The first-order valence-corrected chi connectivity index (χ1v) is 8.38. The summed E-state index contributed by atoms with van der Waals surface area (Å²) in [6, 6.07) is 5.02. The lowest BCUT2D eigenvalue weighted by Crippen LogP contribution is -2.20. The van der Waals surface area contributed by atoms with E-state index in [1.54, 1.807) is 25.1 Å². The van der Waals surface area contributed by atoms with E-state index in [-0.39, 0.29) is 13.2 Å². The number of halogens is 2. The predicted molar refractivity (Wildman–Crippen MR) is 97.4 cm³/mol. The van der Waals surface area contributed by atoms with Crippen molar-refractivity contribution in [2.75, 3.05) is 14.1 Å². The minimum Gasteiger partial charge on any atom is -0.461 e. The van der Waals surface area contributed by atoms with Crippen LogP contribution < -0.4 is 10.6 Å². The normalized spacial score (nSPS) is 10.3. The Labute approximate surface area is 160 Å². The molecule has 0 saturated heterocycles. The molecule has 2 rings (SSSR count). The predicted octanol–water partition coefficient (Wildman–Crippen LogP) is 4.27. The zero-order valence-corrected chi connectivity index (χ0v) is 16.0. The highest BCUT2D eigenvalue weighted by molar-refractivity contribution is 6.42. The molecule has 0 fully saturated rings. The van der Waals surface area contributed by atoms with Crippen LogP contribution in [0, 0.1) is 6.92 Å². The Kier molecular flexibility index (Phi) is 6.76. The monoisotopic (exact) mass is 400 g/mol. The van der Waals surface area contributed by atoms with Gasteiger partial charge in [-0.3, -0.25) is 0 Å². The molecular weight excluding hydrogens is 383 g/mol. The molecule has 7 nitrogen and oxygen atoms in total. The average Bonchev–Trinajstić information content (AvgIpc) is 2.95. The van der Waals surface area contributed by atoms with Gasteiger partial charge >= 0.3 is 12.2 Å². The number of nitrogens with one attached hydrogen (secondary N) is 2. The van der Waals surface area contributed by atoms with Crippen molar-refractivity contribution < 1.29 is 23.5 Å². The highest BCUT2D eigenvalue weighted by atomic mass is 35.5. The number of aryl methyl sites for hydroxylation is 1. The highest BCUT2D eigenvalue weighted by Crippen LogP contribution is 2.35. The summed E-state index contributed by atoms with van der Waals surface area (Å²) in [6.07, 6.45) is -1.18. The summed E-state index contributed by atoms with van der Waals surface area (Å²) in [6.45, 7) is 1.62. The van der Waals surface area contributed by atoms with Crippen LogP contribution in [0.15, 0.2) is 22.6 Å². The molecule has 0 saturated carbocycles. The second-order valence-electron chi connectivity index (χ2n) is 5.23. The van der Waals surface area contributed by atoms with Gasteiger partial charge in [0.05, 0.1) is 10.0 Å². The molecule has 1 aromatic heterocycles. The van der Waals surface area contributed by atoms with Crippen LogP contribution in [0.4, 0.5) is 9.59 Å². The smallest absolute Gasteiger partial charge is 0.407 e. The Morgan fingerprint density at radius 2 is 1.58 bits per heavy atom. The summed E-state index contributed by atoms with van der Waals surface area (Å²) in [5.74, 6) is 0.992. The summed E-state index contributed by atoms with van der Waals surface area (Å²) in [5.41, 5.74) is 1.84. The van der Waals surface area contributed by atoms with Crippen LogP contribution >= 0.6 is 23.2 Å². The molecule has 0 aliphatic heterocycles. The standard InChI is InChI=1S/C17H18Cl2N2O5/c1-9-11(7-24-16(22)20-2)12(8-25-17(23)21-3)15(26-9)10-4-5-13(18)14(19)6-10/h4-6H,7-8H2,1-3H3,(H,20,22)(H,21,23). The zero-order valence-electron chi connectivity index (χ0n) is 14.4. The molecule has 2 amide bonds. The highest BCUT2D eigenvalue weighted by Gasteiger charge is 2.22. The number of ether oxygens (including phenoxy) is 2. The lowest BCUT2D eigenvalue weighted by Gasteiger charge is -2.09. The van der Waals surface area contributed by atoms with Gasteiger partial charge in [0.2, 0.25) is 0 Å². The first-order valence-electron chi connectivity index (χ1n) is 7.63. The van der Waals surface area contributed by atoms with E-state index in [0.29, 0.717) is 38.3 Å². The molecule has 26 heavy (non-hydrogen) atoms. The molecule has 9 heteroatoms. The van der Waals surface area contributed by atoms with Crippen LogP contribution in [0.2, 0.25) is 10.0 Å². The first kappa shape index (κ1) is 19.9. The second-order valence-corrected chi connectivity index (χ2v) is 6.04. The summed E-state index contributed by atoms with van der Waals surface area (Å²) < 4.78 is 16.1. The number of hydrogen-bond acceptors (Lipinski definition) is 5. The summed E-state index contributed by atoms with van der Waals surface area (Å²) >= 11 is 12.0. The van der Waals surface area contributed by atoms with Crippen LogP contribution in [0.3, 0.4) is 0 Å². The lowest BCUT2D eigenvalue weighted by molar-refractivity contribution is 0.134. The molecule has 0 spiro atoms. The van der Waals surface area contributed by atoms with Crippen LogP contribution in [0.25, 0.3) is 11.3 Å². The maximum absolute atomic E-state index is 11.5. The number of furan rings is 1. The van der Waals surface area contributed by atoms with Gasteiger partial charge in [0.1, 0.15) is 24.7 Å². The van der Waals surface area contributed by atoms with E-state index in [9.17, 15) is 9.59 Å². The molecule has 0 unspecified atom stereocenters. The summed E-state index contributed by atoms with van der Waals surface area (Å²) in [4.78, 5) is 22.9. The lowest BCUT2D eigenvalue weighted by atomic mass is 10.0. The maximum Gasteiger partial charge on any atom is 0.407 e. The Morgan fingerprint density at radius 3 is 2.12 bits per heavy atom. The van der Waals surface area contributed by atoms with Crippen LogP contribution in [-0.4, -0.2) is 26.3 Å². The van der Waals surface area contributed by atoms with Crippen molar-refractivity contribution in [1.29, 1.82) is 0 Å². The molecule has 2 N–H and O–H groups in total. The number of carbonyl (C=O) groups is 2. The number of alkyl carbamates (subject to hydrolysis) is 2. The van der Waals surface area contributed by atoms with E-state index in [2.05, 4.69) is 10.6 Å². The summed E-state index contributed by atoms with van der Waals surface area (Å²) in [5, 5.41) is 5.51. The molecule has 0 atom stereocenters. The molecule has 0 aliphatic rings. The molecule has 1 aromatic carbocycles. The molecule has 1 heterocycles. The van der Waals surface area contributed by atoms with Crippen molar-refractivity contribution in [3.63, 3.8) is 0 Å². The Balaban J connectivity index is 2.43. The van der Waals surface area contributed by atoms with E-state index in [1.807, 2.05) is 0 Å². The van der Waals surface area contributed by atoms with E-state index in [1.165, 1.54) is 14.1 Å². The van der Waals surface area contributed by atoms with Crippen LogP contribution in [0.1, 0.15) is 16.9 Å². The van der Waals surface area contributed by atoms with Gasteiger partial charge in [0, 0.05) is 30.8 Å². The number of amides is 2. The van der Waals surface area contributed by atoms with E-state index in [0.717, 1.165) is 0 Å². The Morgan fingerprint density at radius 1 is 1.00 bits per heavy atom. The van der Waals surface area contributed by atoms with Gasteiger partial charge < -0.3 is 24.5 Å². The van der Waals surface area contributed by atoms with E-state index >= 15 is 0 Å². The van der Waals surface area contributed by atoms with Gasteiger partial charge in [-0.25, -0.2) is 9.59 Å². The topological polar surface area (TPSA) is 89.8 Å². The van der Waals surface area contributed by atoms with Crippen LogP contribution in [-0.2, 0) is 22.7 Å². The van der Waals surface area contributed by atoms with Crippen molar-refractivity contribution in [1.82, 2.24) is 10.6 Å². The van der Waals surface area contributed by atoms with E-state index in [4.69, 9.17) is 37.1 Å². The average molecular weight is 401 g/mol. The third-order valence-corrected chi connectivity index (χ3v) is 4.34. The van der Waals surface area contributed by atoms with Gasteiger partial charge in [0.15, 0.2) is 0 Å². The third kappa shape index (κ3) is 4.62. The van der Waals surface area contributed by atoms with Crippen molar-refractivity contribution in [2.45, 2.75) is 20.1 Å². The Bertz CT molecular complexity index is 820. The fourth-order valence-corrected chi connectivity index (χ4v) is 2.56. The maximum atomic E-state index is 11.5. The second kappa shape index (κ2) is 8.82. The molecule has 2 aromatic rings. The van der Waals surface area contributed by atoms with Gasteiger partial charge in [-0.15, -0.1) is 0 Å². The van der Waals surface area contributed by atoms with Gasteiger partial charge in [-0.05, 0) is 25.1 Å². The minimum absolute atomic E-state index is 0.0389. The Hall–Kier alpha value is -2.38. The molecule has 140 valence electrons. The van der Waals surface area contributed by atoms with Crippen molar-refractivity contribution in [2.24, 2.45) is 0 Å². The minimum atomic E-state index is -0.595. The number of benzene rings is 1. The zero-order chi connectivity index (χ0) is 19.3. The third-order valence-electron chi connectivity index (χ3n) is 3.60. The fourth-order valence-electron chi connectivity index (χ4n) is 2.26. The molecule has 0 bridgehead atoms. The largest absolute Gasteiger partial charge is 0.461 e. The van der Waals surface area contributed by atoms with Crippen molar-refractivity contribution >= 4 is 35.4 Å². The summed E-state index contributed by atoms with van der Waals surface area (Å²) in [7, 11) is 2.92. The molecule has 0 aliphatic carbocycles. The number of hydrogen-bond donors (Lipinski definition) is 2. The van der Waals surface area contributed by atoms with Crippen LogP contribution in [0.5, 0.6) is 0 Å². The SMILES string of the molecule is CNC(=O)OCc1c(C)oc(-c2ccc(Cl)c(Cl)c2)c1COC(=O)NC. The quantitative estimate of drug-likeness (QED) is 0.781. The number of carbonyl (C=O) groups excluding carboxylic acids is 2. The fraction of sp³-hybridized carbons (Fsp3) is 0.294. The van der Waals surface area contributed by atoms with Gasteiger partial charge in [-0.1, -0.05) is 23.2 Å².